The highest BCUT2D eigenvalue weighted by Gasteiger charge is 2.77. The Bertz CT molecular complexity index is 2950. The van der Waals surface area contributed by atoms with Crippen molar-refractivity contribution in [3.63, 3.8) is 0 Å². The van der Waals surface area contributed by atoms with E-state index in [1.807, 2.05) is 48.5 Å². The van der Waals surface area contributed by atoms with E-state index in [9.17, 15) is 34.5 Å². The van der Waals surface area contributed by atoms with Crippen LogP contribution < -0.4 is 10.6 Å². The zero-order chi connectivity index (χ0) is 56.1. The molecule has 78 heavy (non-hydrogen) atoms. The third-order valence-electron chi connectivity index (χ3n) is 16.6. The van der Waals surface area contributed by atoms with Gasteiger partial charge in [-0.1, -0.05) is 111 Å². The van der Waals surface area contributed by atoms with Gasteiger partial charge in [-0.15, -0.1) is 0 Å². The van der Waals surface area contributed by atoms with Crippen LogP contribution in [0.1, 0.15) is 107 Å². The fourth-order valence-electron chi connectivity index (χ4n) is 12.7. The number of Topliss-reactive ketones (excluding diaryl/α,β-unsaturated/α-hetero) is 1. The Hall–Kier alpha value is -6.96. The molecule has 414 valence electrons. The Morgan fingerprint density at radius 3 is 2.01 bits per heavy atom. The molecule has 3 fully saturated rings. The molecular formula is C60H68N2O16. The summed E-state index contributed by atoms with van der Waals surface area (Å²) in [6.07, 6.45) is -12.3. The first-order valence-corrected chi connectivity index (χ1v) is 26.4. The molecule has 18 heteroatoms. The lowest BCUT2D eigenvalue weighted by Gasteiger charge is -2.68. The number of hydrogen-bond donors (Lipinski definition) is 5. The number of alkyl carbamates (subject to hydrolysis) is 2. The highest BCUT2D eigenvalue weighted by atomic mass is 16.6. The lowest BCUT2D eigenvalue weighted by atomic mass is 9.44. The van der Waals surface area contributed by atoms with Crippen LogP contribution in [0.5, 0.6) is 0 Å². The van der Waals surface area contributed by atoms with Gasteiger partial charge in [0.25, 0.3) is 0 Å². The molecule has 4 aliphatic carbocycles. The van der Waals surface area contributed by atoms with E-state index in [0.29, 0.717) is 0 Å². The molecule has 0 spiro atoms. The first kappa shape index (κ1) is 55.8. The maximum absolute atomic E-state index is 15.3. The van der Waals surface area contributed by atoms with E-state index in [-0.39, 0.29) is 54.4 Å². The van der Waals surface area contributed by atoms with E-state index in [0.717, 1.165) is 22.3 Å². The van der Waals surface area contributed by atoms with Crippen molar-refractivity contribution in [1.29, 1.82) is 0 Å². The molecule has 4 aromatic carbocycles. The summed E-state index contributed by atoms with van der Waals surface area (Å²) >= 11 is 0. The molecule has 5 aliphatic rings. The van der Waals surface area contributed by atoms with Gasteiger partial charge in [0, 0.05) is 36.7 Å². The summed E-state index contributed by atoms with van der Waals surface area (Å²) in [7, 11) is 0. The fraction of sp³-hybridized carbons (Fsp3) is 0.467. The number of ketones is 1. The zero-order valence-electron chi connectivity index (χ0n) is 45.0. The van der Waals surface area contributed by atoms with Crippen molar-refractivity contribution in [3.8, 4) is 11.1 Å². The molecule has 2 bridgehead atoms. The van der Waals surface area contributed by atoms with Gasteiger partial charge in [0.15, 0.2) is 5.78 Å². The number of rotatable bonds is 14. The van der Waals surface area contributed by atoms with E-state index in [4.69, 9.17) is 33.2 Å². The van der Waals surface area contributed by atoms with Gasteiger partial charge in [-0.2, -0.15) is 0 Å². The molecular weight excluding hydrogens is 1000 g/mol. The number of hydrogen-bond acceptors (Lipinski definition) is 16. The van der Waals surface area contributed by atoms with Gasteiger partial charge in [-0.25, -0.2) is 19.2 Å². The number of nitrogens with one attached hydrogen (secondary N) is 2. The van der Waals surface area contributed by atoms with Crippen LogP contribution in [0.2, 0.25) is 0 Å². The molecule has 0 aromatic heterocycles. The largest absolute Gasteiger partial charge is 0.455 e. The fourth-order valence-corrected chi connectivity index (χ4v) is 12.7. The maximum atomic E-state index is 15.3. The predicted octanol–water partition coefficient (Wildman–Crippen LogP) is 6.82. The Labute approximate surface area is 452 Å². The van der Waals surface area contributed by atoms with Crippen molar-refractivity contribution < 1.29 is 77.2 Å². The number of amides is 2. The SMILES string of the molecule is CCO[C@@]12CO[C@@H]1C[C@H](O)[C@@]1(C)C(=O)[C@H](O)C3=C(C)[C@@H](OC(=O)[C@H](OC(=O)CNC(=O)OCC4c5ccccc5-c5ccccc54)[C@@H](NC(=O)OC(C)(C)C)c4ccccc4)C[C@@](O)([C@@H](OC(=O)c4ccccc4)C12)C3(C)C. The van der Waals surface area contributed by atoms with Crippen LogP contribution in [0, 0.1) is 16.7 Å². The molecule has 1 aliphatic heterocycles. The van der Waals surface area contributed by atoms with Gasteiger partial charge in [-0.05, 0) is 92.6 Å². The molecule has 0 radical (unpaired) electrons. The number of esters is 3. The Morgan fingerprint density at radius 2 is 1.42 bits per heavy atom. The van der Waals surface area contributed by atoms with Crippen molar-refractivity contribution in [3.05, 3.63) is 143 Å². The highest BCUT2D eigenvalue weighted by Crippen LogP contribution is 2.64. The predicted molar refractivity (Wildman–Crippen MR) is 280 cm³/mol. The molecule has 1 heterocycles. The molecule has 1 saturated heterocycles. The second-order valence-electron chi connectivity index (χ2n) is 22.6. The van der Waals surface area contributed by atoms with E-state index in [2.05, 4.69) is 10.6 Å². The average molecular weight is 1070 g/mol. The van der Waals surface area contributed by atoms with Gasteiger partial charge in [0.1, 0.15) is 54.3 Å². The number of carbonyl (C=O) groups excluding carboxylic acids is 6. The molecule has 2 amide bonds. The summed E-state index contributed by atoms with van der Waals surface area (Å²) < 4.78 is 42.6. The van der Waals surface area contributed by atoms with Crippen LogP contribution in [0.15, 0.2) is 120 Å². The minimum atomic E-state index is -2.36. The van der Waals surface area contributed by atoms with Gasteiger partial charge in [-0.3, -0.25) is 9.59 Å². The standard InChI is InChI=1S/C60H68N2O16/c1-9-74-59-32-73-43(59)28-42(63)58(8)49(59)51(77-52(67)35-22-14-11-15-23-35)60(71)29-41(33(2)45(57(60,6)7)47(65)50(58)66)75-53(68)48(46(34-20-12-10-13-21-34)62-55(70)78-56(3,4)5)76-44(64)30-61-54(69)72-31-40-38-26-18-16-24-36(38)37-25-17-19-27-39(37)40/h10-27,40-43,46-49,51,63,65,71H,9,28-32H2,1-8H3,(H,61,69)(H,62,70)/t41-,42-,43+,46-,47+,48+,49?,51-,58+,59-,60+/m0/s1. The van der Waals surface area contributed by atoms with Gasteiger partial charge >= 0.3 is 30.1 Å². The first-order valence-electron chi connectivity index (χ1n) is 26.4. The molecule has 5 N–H and O–H groups in total. The van der Waals surface area contributed by atoms with Gasteiger partial charge in [0.05, 0.1) is 29.8 Å². The summed E-state index contributed by atoms with van der Waals surface area (Å²) in [5.74, 6) is -5.82. The third-order valence-corrected chi connectivity index (χ3v) is 16.6. The van der Waals surface area contributed by atoms with E-state index >= 15 is 9.59 Å². The molecule has 18 nitrogen and oxygen atoms in total. The van der Waals surface area contributed by atoms with Crippen molar-refractivity contribution in [2.24, 2.45) is 16.7 Å². The first-order chi connectivity index (χ1) is 37.0. The minimum Gasteiger partial charge on any atom is -0.455 e. The number of carbonyl (C=O) groups is 6. The van der Waals surface area contributed by atoms with Crippen molar-refractivity contribution >= 4 is 35.9 Å². The molecule has 9 rings (SSSR count). The van der Waals surface area contributed by atoms with Crippen LogP contribution in [-0.2, 0) is 47.5 Å². The van der Waals surface area contributed by atoms with E-state index in [1.54, 1.807) is 90.1 Å². The van der Waals surface area contributed by atoms with E-state index < -0.39 is 125 Å². The van der Waals surface area contributed by atoms with Crippen LogP contribution in [0.25, 0.3) is 11.1 Å². The van der Waals surface area contributed by atoms with Gasteiger partial charge < -0.3 is 59.1 Å². The van der Waals surface area contributed by atoms with Crippen molar-refractivity contribution in [2.45, 2.75) is 134 Å². The van der Waals surface area contributed by atoms with Crippen molar-refractivity contribution in [1.82, 2.24) is 10.6 Å². The van der Waals surface area contributed by atoms with Crippen LogP contribution >= 0.6 is 0 Å². The molecule has 2 saturated carbocycles. The van der Waals surface area contributed by atoms with Crippen LogP contribution in [0.3, 0.4) is 0 Å². The normalized spacial score (nSPS) is 28.5. The monoisotopic (exact) mass is 1070 g/mol. The van der Waals surface area contributed by atoms with Crippen molar-refractivity contribution in [2.75, 3.05) is 26.4 Å². The van der Waals surface area contributed by atoms with Crippen LogP contribution in [-0.4, -0.2) is 131 Å². The Balaban J connectivity index is 1.06. The highest BCUT2D eigenvalue weighted by molar-refractivity contribution is 5.94. The Kier molecular flexibility index (Phi) is 15.3. The lowest BCUT2D eigenvalue weighted by molar-refractivity contribution is -0.356. The molecule has 1 unspecified atom stereocenters. The summed E-state index contributed by atoms with van der Waals surface area (Å²) in [6, 6.07) is 30.1. The second-order valence-corrected chi connectivity index (χ2v) is 22.6. The van der Waals surface area contributed by atoms with Crippen LogP contribution in [0.4, 0.5) is 9.59 Å². The quantitative estimate of drug-likeness (QED) is 0.0493. The summed E-state index contributed by atoms with van der Waals surface area (Å²) in [6.45, 7) is 11.9. The number of ether oxygens (including phenoxy) is 7. The summed E-state index contributed by atoms with van der Waals surface area (Å²) in [5.41, 5.74) is -4.02. The lowest BCUT2D eigenvalue weighted by Crippen LogP contribution is -2.81. The van der Waals surface area contributed by atoms with E-state index in [1.165, 1.54) is 26.0 Å². The Morgan fingerprint density at radius 1 is 0.821 bits per heavy atom. The molecule has 11 atom stereocenters. The zero-order valence-corrected chi connectivity index (χ0v) is 45.0. The molecule has 4 aromatic rings. The number of aliphatic hydroxyl groups excluding tert-OH is 2. The average Bonchev–Trinajstić information content (AvgIpc) is 3.60. The summed E-state index contributed by atoms with van der Waals surface area (Å²) in [4.78, 5) is 86.1. The second kappa shape index (κ2) is 21.4. The maximum Gasteiger partial charge on any atom is 0.408 e. The summed E-state index contributed by atoms with van der Waals surface area (Å²) in [5, 5.41) is 43.5. The van der Waals surface area contributed by atoms with Gasteiger partial charge in [0.2, 0.25) is 6.10 Å². The number of aliphatic hydroxyl groups is 3. The topological polar surface area (TPSA) is 252 Å². The minimum absolute atomic E-state index is 0.0622. The number of fused-ring (bicyclic) bond motifs is 8. The number of benzene rings is 4. The smallest absolute Gasteiger partial charge is 0.408 e. The third kappa shape index (κ3) is 9.86.